The molecule has 194 valence electrons. The number of piperazine rings is 1. The Hall–Kier alpha value is -3.35. The third-order valence-electron chi connectivity index (χ3n) is 6.91. The lowest BCUT2D eigenvalue weighted by Crippen LogP contribution is -2.50. The van der Waals surface area contributed by atoms with Gasteiger partial charge in [0.15, 0.2) is 0 Å². The molecule has 3 amide bonds. The Bertz CT molecular complexity index is 1040. The first-order valence-electron chi connectivity index (χ1n) is 13.1. The zero-order valence-electron chi connectivity index (χ0n) is 22.3. The van der Waals surface area contributed by atoms with Gasteiger partial charge in [-0.3, -0.25) is 14.4 Å². The molecule has 1 heterocycles. The molecule has 1 saturated heterocycles. The average Bonchev–Trinajstić information content (AvgIpc) is 2.90. The molecule has 2 aromatic carbocycles. The van der Waals surface area contributed by atoms with E-state index in [4.69, 9.17) is 0 Å². The van der Waals surface area contributed by atoms with Crippen molar-refractivity contribution in [1.29, 1.82) is 0 Å². The number of carbonyl (C=O) groups excluding carboxylic acids is 3. The minimum atomic E-state index is -0.153. The zero-order valence-corrected chi connectivity index (χ0v) is 22.3. The van der Waals surface area contributed by atoms with E-state index < -0.39 is 0 Å². The van der Waals surface area contributed by atoms with Crippen LogP contribution in [0.5, 0.6) is 0 Å². The van der Waals surface area contributed by atoms with Crippen molar-refractivity contribution in [3.05, 3.63) is 59.7 Å². The van der Waals surface area contributed by atoms with E-state index in [1.807, 2.05) is 75.1 Å². The molecule has 0 radical (unpaired) electrons. The lowest BCUT2D eigenvalue weighted by atomic mass is 9.94. The van der Waals surface area contributed by atoms with E-state index in [0.29, 0.717) is 50.5 Å². The summed E-state index contributed by atoms with van der Waals surface area (Å²) in [4.78, 5) is 44.9. The molecule has 1 atom stereocenters. The number of nitrogens with one attached hydrogen (secondary N) is 1. The molecule has 0 unspecified atom stereocenters. The summed E-state index contributed by atoms with van der Waals surface area (Å²) in [7, 11) is 0. The lowest BCUT2D eigenvalue weighted by molar-refractivity contribution is -0.133. The topological polar surface area (TPSA) is 73.0 Å². The Balaban J connectivity index is 1.80. The molecule has 0 aliphatic carbocycles. The molecule has 36 heavy (non-hydrogen) atoms. The predicted octanol–water partition coefficient (Wildman–Crippen LogP) is 4.61. The Morgan fingerprint density at radius 3 is 2.11 bits per heavy atom. The van der Waals surface area contributed by atoms with Crippen LogP contribution in [0.25, 0.3) is 0 Å². The molecular formula is C29H40N4O3. The van der Waals surface area contributed by atoms with Crippen molar-refractivity contribution in [2.45, 2.75) is 47.0 Å². The minimum absolute atomic E-state index is 0.0516. The molecular weight excluding hydrogens is 452 g/mol. The molecule has 1 aliphatic rings. The highest BCUT2D eigenvalue weighted by atomic mass is 16.2. The van der Waals surface area contributed by atoms with Gasteiger partial charge < -0.3 is 20.0 Å². The van der Waals surface area contributed by atoms with E-state index in [1.165, 1.54) is 0 Å². The highest BCUT2D eigenvalue weighted by Gasteiger charge is 2.29. The fourth-order valence-electron chi connectivity index (χ4n) is 4.65. The first-order chi connectivity index (χ1) is 17.3. The highest BCUT2D eigenvalue weighted by molar-refractivity contribution is 6.02. The van der Waals surface area contributed by atoms with Gasteiger partial charge in [-0.1, -0.05) is 51.1 Å². The number of hydrogen-bond donors (Lipinski definition) is 1. The van der Waals surface area contributed by atoms with E-state index in [2.05, 4.69) is 17.1 Å². The van der Waals surface area contributed by atoms with Gasteiger partial charge >= 0.3 is 0 Å². The van der Waals surface area contributed by atoms with Crippen molar-refractivity contribution in [3.63, 3.8) is 0 Å². The number of nitrogens with zero attached hydrogens (tertiary/aromatic N) is 3. The first-order valence-corrected chi connectivity index (χ1v) is 13.1. The predicted molar refractivity (Wildman–Crippen MR) is 145 cm³/mol. The summed E-state index contributed by atoms with van der Waals surface area (Å²) in [6, 6.07) is 15.5. The number of anilines is 2. The van der Waals surface area contributed by atoms with Gasteiger partial charge in [-0.25, -0.2) is 0 Å². The molecule has 7 nitrogen and oxygen atoms in total. The zero-order chi connectivity index (χ0) is 26.2. The van der Waals surface area contributed by atoms with Gasteiger partial charge in [-0.05, 0) is 44.0 Å². The summed E-state index contributed by atoms with van der Waals surface area (Å²) >= 11 is 0. The maximum atomic E-state index is 13.4. The summed E-state index contributed by atoms with van der Waals surface area (Å²) in [5.41, 5.74) is 3.10. The largest absolute Gasteiger partial charge is 0.367 e. The second kappa shape index (κ2) is 12.6. The van der Waals surface area contributed by atoms with Crippen molar-refractivity contribution in [2.75, 3.05) is 49.5 Å². The fourth-order valence-corrected chi connectivity index (χ4v) is 4.65. The van der Waals surface area contributed by atoms with Crippen molar-refractivity contribution in [1.82, 2.24) is 9.80 Å². The van der Waals surface area contributed by atoms with Crippen LogP contribution in [0.1, 0.15) is 62.9 Å². The number of amides is 3. The number of hydrogen-bond acceptors (Lipinski definition) is 4. The van der Waals surface area contributed by atoms with Crippen LogP contribution in [0.2, 0.25) is 0 Å². The second-order valence-electron chi connectivity index (χ2n) is 9.54. The minimum Gasteiger partial charge on any atom is -0.367 e. The Morgan fingerprint density at radius 2 is 1.56 bits per heavy atom. The van der Waals surface area contributed by atoms with Gasteiger partial charge in [0.25, 0.3) is 5.91 Å². The van der Waals surface area contributed by atoms with Gasteiger partial charge in [0.05, 0.1) is 11.5 Å². The van der Waals surface area contributed by atoms with Gasteiger partial charge in [-0.15, -0.1) is 0 Å². The van der Waals surface area contributed by atoms with Crippen molar-refractivity contribution < 1.29 is 14.4 Å². The van der Waals surface area contributed by atoms with Crippen LogP contribution in [-0.2, 0) is 9.59 Å². The van der Waals surface area contributed by atoms with Crippen LogP contribution in [0.15, 0.2) is 48.5 Å². The molecule has 0 bridgehead atoms. The molecule has 1 N–H and O–H groups in total. The molecule has 7 heteroatoms. The standard InChI is InChI=1S/C29H40N4O3/c1-6-24(22-12-10-9-11-13-22)28(35)33-18-16-32(17-19-33)26-15-14-23(30-27(34)21(4)5)20-25(26)29(36)31(7-2)8-3/h9-15,20-21,24H,6-8,16-19H2,1-5H3,(H,30,34)/t24-/m0/s1. The number of rotatable bonds is 9. The summed E-state index contributed by atoms with van der Waals surface area (Å²) < 4.78 is 0. The quantitative estimate of drug-likeness (QED) is 0.555. The summed E-state index contributed by atoms with van der Waals surface area (Å²) in [6.07, 6.45) is 0.759. The van der Waals surface area contributed by atoms with Crippen LogP contribution in [0, 0.1) is 5.92 Å². The van der Waals surface area contributed by atoms with E-state index in [-0.39, 0.29) is 29.6 Å². The molecule has 1 fully saturated rings. The maximum absolute atomic E-state index is 13.4. The fraction of sp³-hybridized carbons (Fsp3) is 0.483. The number of benzene rings is 2. The van der Waals surface area contributed by atoms with E-state index in [1.54, 1.807) is 11.0 Å². The molecule has 0 aromatic heterocycles. The lowest BCUT2D eigenvalue weighted by Gasteiger charge is -2.38. The Labute approximate surface area is 215 Å². The molecule has 2 aromatic rings. The van der Waals surface area contributed by atoms with Crippen LogP contribution >= 0.6 is 0 Å². The van der Waals surface area contributed by atoms with Gasteiger partial charge in [0.2, 0.25) is 11.8 Å². The Morgan fingerprint density at radius 1 is 0.917 bits per heavy atom. The monoisotopic (exact) mass is 492 g/mol. The van der Waals surface area contributed by atoms with E-state index in [0.717, 1.165) is 17.7 Å². The van der Waals surface area contributed by atoms with Gasteiger partial charge in [-0.2, -0.15) is 0 Å². The molecule has 3 rings (SSSR count). The van der Waals surface area contributed by atoms with Crippen LogP contribution < -0.4 is 10.2 Å². The smallest absolute Gasteiger partial charge is 0.256 e. The molecule has 1 aliphatic heterocycles. The molecule has 0 saturated carbocycles. The maximum Gasteiger partial charge on any atom is 0.256 e. The van der Waals surface area contributed by atoms with Crippen LogP contribution in [0.3, 0.4) is 0 Å². The van der Waals surface area contributed by atoms with Gasteiger partial charge in [0, 0.05) is 56.6 Å². The first kappa shape index (κ1) is 27.2. The van der Waals surface area contributed by atoms with Crippen molar-refractivity contribution in [3.8, 4) is 0 Å². The normalized spacial score (nSPS) is 14.5. The number of carbonyl (C=O) groups is 3. The Kier molecular flexibility index (Phi) is 9.51. The second-order valence-corrected chi connectivity index (χ2v) is 9.54. The van der Waals surface area contributed by atoms with E-state index in [9.17, 15) is 14.4 Å². The van der Waals surface area contributed by atoms with Crippen LogP contribution in [-0.4, -0.2) is 66.8 Å². The molecule has 0 spiro atoms. The summed E-state index contributed by atoms with van der Waals surface area (Å²) in [5, 5.41) is 2.92. The van der Waals surface area contributed by atoms with Crippen molar-refractivity contribution in [2.24, 2.45) is 5.92 Å². The third-order valence-corrected chi connectivity index (χ3v) is 6.91. The third kappa shape index (κ3) is 6.25. The highest BCUT2D eigenvalue weighted by Crippen LogP contribution is 2.29. The van der Waals surface area contributed by atoms with Crippen LogP contribution in [0.4, 0.5) is 11.4 Å². The average molecular weight is 493 g/mol. The van der Waals surface area contributed by atoms with Crippen molar-refractivity contribution >= 4 is 29.1 Å². The summed E-state index contributed by atoms with van der Waals surface area (Å²) in [6.45, 7) is 13.4. The van der Waals surface area contributed by atoms with E-state index >= 15 is 0 Å². The van der Waals surface area contributed by atoms with Gasteiger partial charge in [0.1, 0.15) is 0 Å². The SMILES string of the molecule is CC[C@H](C(=O)N1CCN(c2ccc(NC(=O)C(C)C)cc2C(=O)N(CC)CC)CC1)c1ccccc1. The summed E-state index contributed by atoms with van der Waals surface area (Å²) in [5.74, 6) is -0.264.